The van der Waals surface area contributed by atoms with Crippen molar-refractivity contribution in [1.82, 2.24) is 36.8 Å². The minimum Gasteiger partial charge on any atom is -0.481 e. The summed E-state index contributed by atoms with van der Waals surface area (Å²) in [6, 6.07) is 1.71. The van der Waals surface area contributed by atoms with Gasteiger partial charge in [0.1, 0.15) is 36.3 Å². The Morgan fingerprint density at radius 1 is 0.732 bits per heavy atom. The minimum absolute atomic E-state index is 0.220. The fourth-order valence-corrected chi connectivity index (χ4v) is 6.21. The number of aliphatic carboxylic acids is 2. The van der Waals surface area contributed by atoms with Gasteiger partial charge < -0.3 is 47.0 Å². The summed E-state index contributed by atoms with van der Waals surface area (Å²) in [7, 11) is 0. The number of carboxylic acid groups (broad SMARTS) is 2. The summed E-state index contributed by atoms with van der Waals surface area (Å²) in [6.07, 6.45) is 0.374. The van der Waals surface area contributed by atoms with Crippen molar-refractivity contribution in [2.24, 2.45) is 11.8 Å². The van der Waals surface area contributed by atoms with Crippen LogP contribution in [0.2, 0.25) is 0 Å². The quantitative estimate of drug-likeness (QED) is 0.0786. The predicted octanol–water partition coefficient (Wildman–Crippen LogP) is 0.189. The molecule has 0 unspecified atom stereocenters. The number of amides is 7. The zero-order valence-corrected chi connectivity index (χ0v) is 32.9. The Morgan fingerprint density at radius 2 is 1.30 bits per heavy atom. The molecule has 7 atom stereocenters. The van der Waals surface area contributed by atoms with Gasteiger partial charge in [-0.05, 0) is 36.7 Å². The molecule has 1 aromatic rings. The van der Waals surface area contributed by atoms with E-state index >= 15 is 0 Å². The van der Waals surface area contributed by atoms with Crippen LogP contribution in [0.25, 0.3) is 0 Å². The number of carbonyl (C=O) groups excluding carboxylic acids is 7. The first-order chi connectivity index (χ1) is 26.4. The van der Waals surface area contributed by atoms with Crippen LogP contribution >= 0.6 is 0 Å². The number of carbonyl (C=O) groups is 9. The van der Waals surface area contributed by atoms with Crippen molar-refractivity contribution >= 4 is 53.3 Å². The largest absolute Gasteiger partial charge is 0.481 e. The van der Waals surface area contributed by atoms with E-state index in [1.54, 1.807) is 27.7 Å². The molecule has 1 heterocycles. The third-order valence-electron chi connectivity index (χ3n) is 9.47. The lowest BCUT2D eigenvalue weighted by Gasteiger charge is -2.33. The highest BCUT2D eigenvalue weighted by Gasteiger charge is 2.41. The van der Waals surface area contributed by atoms with Crippen LogP contribution in [0.5, 0.6) is 0 Å². The molecule has 0 saturated carbocycles. The van der Waals surface area contributed by atoms with Crippen LogP contribution in [0.4, 0.5) is 0 Å². The van der Waals surface area contributed by atoms with Crippen LogP contribution in [-0.2, 0) is 49.7 Å². The zero-order valence-electron chi connectivity index (χ0n) is 32.9. The molecule has 0 aliphatic carbocycles. The van der Waals surface area contributed by atoms with Gasteiger partial charge in [0.15, 0.2) is 0 Å². The Kier molecular flexibility index (Phi) is 18.9. The van der Waals surface area contributed by atoms with Crippen LogP contribution in [0, 0.1) is 11.8 Å². The van der Waals surface area contributed by atoms with Crippen LogP contribution in [-0.4, -0.2) is 111 Å². The smallest absolute Gasteiger partial charge is 0.305 e. The van der Waals surface area contributed by atoms with Crippen molar-refractivity contribution in [3.05, 3.63) is 35.9 Å². The van der Waals surface area contributed by atoms with Gasteiger partial charge in [-0.1, -0.05) is 77.8 Å². The summed E-state index contributed by atoms with van der Waals surface area (Å²) in [5.41, 5.74) is 0.892. The average molecular weight is 788 g/mol. The fraction of sp³-hybridized carbons (Fsp3) is 0.605. The standard InChI is InChI=1S/C38H57N7O11/c1-7-13-25(33(51)39-20-24-14-10-9-11-15-24)41-36(54)28-16-12-17-45(28)38(56)31(21(3)4)43-37(55)32(22(5)8-2)44-35(53)27(19-30(49)50)42-34(52)26(18-29(47)48)40-23(6)46/h9-11,14-15,21-22,25-28,31-32H,7-8,12-13,16-20H2,1-6H3,(H,39,51)(H,40,46)(H,41,54)(H,42,52)(H,43,55)(H,44,53)(H,47,48)(H,49,50)/t22-,25-,26-,27+,28-,31-,32-/m0/s1. The maximum atomic E-state index is 14.1. The van der Waals surface area contributed by atoms with Crippen LogP contribution < -0.4 is 31.9 Å². The lowest BCUT2D eigenvalue weighted by atomic mass is 9.95. The molecule has 0 aromatic heterocycles. The van der Waals surface area contributed by atoms with Crippen molar-refractivity contribution in [2.45, 2.75) is 129 Å². The highest BCUT2D eigenvalue weighted by Crippen LogP contribution is 2.21. The van der Waals surface area contributed by atoms with E-state index in [4.69, 9.17) is 0 Å². The van der Waals surface area contributed by atoms with Gasteiger partial charge in [-0.3, -0.25) is 43.2 Å². The van der Waals surface area contributed by atoms with E-state index < -0.39 is 108 Å². The van der Waals surface area contributed by atoms with Crippen molar-refractivity contribution in [2.75, 3.05) is 6.54 Å². The van der Waals surface area contributed by atoms with Gasteiger partial charge in [-0.25, -0.2) is 0 Å². The number of likely N-dealkylation sites (tertiary alicyclic amines) is 1. The topological polar surface area (TPSA) is 270 Å². The molecule has 1 fully saturated rings. The number of nitrogens with one attached hydrogen (secondary N) is 6. The number of benzene rings is 1. The van der Waals surface area contributed by atoms with Gasteiger partial charge in [0.25, 0.3) is 0 Å². The third kappa shape index (κ3) is 14.6. The van der Waals surface area contributed by atoms with Gasteiger partial charge in [0.05, 0.1) is 12.8 Å². The summed E-state index contributed by atoms with van der Waals surface area (Å²) >= 11 is 0. The Morgan fingerprint density at radius 3 is 1.84 bits per heavy atom. The molecule has 1 aliphatic heterocycles. The number of nitrogens with zero attached hydrogens (tertiary/aromatic N) is 1. The molecule has 18 heteroatoms. The monoisotopic (exact) mass is 787 g/mol. The summed E-state index contributed by atoms with van der Waals surface area (Å²) < 4.78 is 0. The van der Waals surface area contributed by atoms with Gasteiger partial charge in [0.2, 0.25) is 41.4 Å². The molecule has 310 valence electrons. The maximum absolute atomic E-state index is 14.1. The Labute approximate surface area is 326 Å². The lowest BCUT2D eigenvalue weighted by molar-refractivity contribution is -0.144. The number of hydrogen-bond donors (Lipinski definition) is 8. The van der Waals surface area contributed by atoms with Crippen molar-refractivity contribution < 1.29 is 53.4 Å². The summed E-state index contributed by atoms with van der Waals surface area (Å²) in [6.45, 7) is 10.2. The number of rotatable bonds is 22. The van der Waals surface area contributed by atoms with Crippen LogP contribution in [0.15, 0.2) is 30.3 Å². The third-order valence-corrected chi connectivity index (χ3v) is 9.47. The molecule has 0 radical (unpaired) electrons. The normalized spacial score (nSPS) is 16.9. The lowest BCUT2D eigenvalue weighted by Crippen LogP contribution is -2.61. The predicted molar refractivity (Wildman–Crippen MR) is 202 cm³/mol. The highest BCUT2D eigenvalue weighted by molar-refractivity contribution is 5.98. The first kappa shape index (κ1) is 46.6. The SMILES string of the molecule is CCC[C@H](NC(=O)[C@@H]1CCCN1C(=O)[C@@H](NC(=O)[C@@H](NC(=O)[C@@H](CC(=O)O)NC(=O)[C@H](CC(=O)O)NC(C)=O)[C@@H](C)CC)C(C)C)C(=O)NCc1ccccc1. The van der Waals surface area contributed by atoms with E-state index in [0.717, 1.165) is 12.5 Å². The van der Waals surface area contributed by atoms with E-state index in [9.17, 15) is 53.4 Å². The fourth-order valence-electron chi connectivity index (χ4n) is 6.21. The van der Waals surface area contributed by atoms with Crippen molar-refractivity contribution in [1.29, 1.82) is 0 Å². The first-order valence-electron chi connectivity index (χ1n) is 18.9. The second-order valence-corrected chi connectivity index (χ2v) is 14.4. The van der Waals surface area contributed by atoms with Gasteiger partial charge in [-0.15, -0.1) is 0 Å². The van der Waals surface area contributed by atoms with Crippen molar-refractivity contribution in [3.63, 3.8) is 0 Å². The molecule has 1 aliphatic rings. The second kappa shape index (κ2) is 22.7. The van der Waals surface area contributed by atoms with E-state index in [1.807, 2.05) is 37.3 Å². The Balaban J connectivity index is 2.23. The zero-order chi connectivity index (χ0) is 42.1. The minimum atomic E-state index is -1.77. The van der Waals surface area contributed by atoms with Crippen LogP contribution in [0.1, 0.15) is 92.1 Å². The second-order valence-electron chi connectivity index (χ2n) is 14.4. The Hall–Kier alpha value is -5.55. The molecule has 1 aromatic carbocycles. The Bertz CT molecular complexity index is 1560. The summed E-state index contributed by atoms with van der Waals surface area (Å²) in [5.74, 6) is -9.10. The summed E-state index contributed by atoms with van der Waals surface area (Å²) in [4.78, 5) is 117. The van der Waals surface area contributed by atoms with E-state index in [2.05, 4.69) is 31.9 Å². The number of carboxylic acids is 2. The van der Waals surface area contributed by atoms with Gasteiger partial charge in [0, 0.05) is 20.0 Å². The molecule has 56 heavy (non-hydrogen) atoms. The maximum Gasteiger partial charge on any atom is 0.305 e. The van der Waals surface area contributed by atoms with Gasteiger partial charge >= 0.3 is 11.9 Å². The molecule has 8 N–H and O–H groups in total. The highest BCUT2D eigenvalue weighted by atomic mass is 16.4. The van der Waals surface area contributed by atoms with E-state index in [0.29, 0.717) is 32.1 Å². The molecule has 7 amide bonds. The molecular formula is C38H57N7O11. The number of hydrogen-bond acceptors (Lipinski definition) is 9. The van der Waals surface area contributed by atoms with Crippen molar-refractivity contribution in [3.8, 4) is 0 Å². The van der Waals surface area contributed by atoms with E-state index in [1.165, 1.54) is 4.90 Å². The molecule has 0 spiro atoms. The van der Waals surface area contributed by atoms with Crippen LogP contribution in [0.3, 0.4) is 0 Å². The summed E-state index contributed by atoms with van der Waals surface area (Å²) in [5, 5.41) is 33.8. The van der Waals surface area contributed by atoms with Gasteiger partial charge in [-0.2, -0.15) is 0 Å². The molecular weight excluding hydrogens is 730 g/mol. The molecule has 0 bridgehead atoms. The molecule has 18 nitrogen and oxygen atoms in total. The molecule has 2 rings (SSSR count). The average Bonchev–Trinajstić information content (AvgIpc) is 3.63. The van der Waals surface area contributed by atoms with E-state index in [-0.39, 0.29) is 19.0 Å². The molecule has 1 saturated heterocycles. The first-order valence-corrected chi connectivity index (χ1v) is 18.9.